The molecule has 210 valence electrons. The minimum absolute atomic E-state index is 0.215. The zero-order chi connectivity index (χ0) is 28.2. The van der Waals surface area contributed by atoms with Crippen LogP contribution in [0.2, 0.25) is 5.02 Å². The standard InChI is InChI=1S/C34H33ClN2O3S/c35-28-15-16-32-29(24-28)30(23-25-9-7-8-14-31(25)41-32)37-19-17-36(18-20-37)21-22-40-33(38)34(39,26-10-3-1-4-11-26)27-12-5-2-6-13-27/h1-16,24,30,39H,17-23H2. The maximum atomic E-state index is 13.3. The van der Waals surface area contributed by atoms with Crippen molar-refractivity contribution in [3.63, 3.8) is 0 Å². The first-order valence-corrected chi connectivity index (χ1v) is 15.2. The highest BCUT2D eigenvalue weighted by atomic mass is 35.5. The minimum Gasteiger partial charge on any atom is -0.462 e. The Balaban J connectivity index is 1.09. The Morgan fingerprint density at radius 3 is 2.17 bits per heavy atom. The Kier molecular flexibility index (Phi) is 8.47. The van der Waals surface area contributed by atoms with Crippen LogP contribution in [0.25, 0.3) is 0 Å². The van der Waals surface area contributed by atoms with Crippen molar-refractivity contribution in [3.8, 4) is 0 Å². The van der Waals surface area contributed by atoms with Gasteiger partial charge in [0.2, 0.25) is 5.60 Å². The smallest absolute Gasteiger partial charge is 0.347 e. The van der Waals surface area contributed by atoms with E-state index in [-0.39, 0.29) is 12.6 Å². The summed E-state index contributed by atoms with van der Waals surface area (Å²) in [7, 11) is 0. The largest absolute Gasteiger partial charge is 0.462 e. The summed E-state index contributed by atoms with van der Waals surface area (Å²) in [6, 6.07) is 33.2. The summed E-state index contributed by atoms with van der Waals surface area (Å²) in [6.07, 6.45) is 0.950. The summed E-state index contributed by atoms with van der Waals surface area (Å²) in [4.78, 5) is 20.8. The molecule has 5 nitrogen and oxygen atoms in total. The number of benzene rings is 4. The number of ether oxygens (including phenoxy) is 1. The zero-order valence-corrected chi connectivity index (χ0v) is 24.4. The lowest BCUT2D eigenvalue weighted by Crippen LogP contribution is -2.49. The van der Waals surface area contributed by atoms with Gasteiger partial charge in [0.1, 0.15) is 6.61 Å². The lowest BCUT2D eigenvalue weighted by atomic mass is 9.86. The highest BCUT2D eigenvalue weighted by Gasteiger charge is 2.41. The van der Waals surface area contributed by atoms with E-state index in [9.17, 15) is 9.90 Å². The normalized spacial score (nSPS) is 17.8. The van der Waals surface area contributed by atoms with Gasteiger partial charge in [0.25, 0.3) is 0 Å². The van der Waals surface area contributed by atoms with Crippen molar-refractivity contribution in [2.45, 2.75) is 27.9 Å². The molecule has 4 aromatic rings. The zero-order valence-electron chi connectivity index (χ0n) is 22.8. The van der Waals surface area contributed by atoms with Crippen LogP contribution in [-0.4, -0.2) is 60.2 Å². The molecule has 1 unspecified atom stereocenters. The number of hydrogen-bond acceptors (Lipinski definition) is 6. The van der Waals surface area contributed by atoms with Crippen LogP contribution in [-0.2, 0) is 21.6 Å². The topological polar surface area (TPSA) is 53.0 Å². The summed E-state index contributed by atoms with van der Waals surface area (Å²) in [5, 5.41) is 12.4. The Morgan fingerprint density at radius 2 is 1.49 bits per heavy atom. The summed E-state index contributed by atoms with van der Waals surface area (Å²) in [5.41, 5.74) is 1.79. The molecule has 0 bridgehead atoms. The van der Waals surface area contributed by atoms with Crippen LogP contribution < -0.4 is 0 Å². The lowest BCUT2D eigenvalue weighted by molar-refractivity contribution is -0.162. The third kappa shape index (κ3) is 5.94. The van der Waals surface area contributed by atoms with E-state index in [1.54, 1.807) is 24.3 Å². The number of carbonyl (C=O) groups is 1. The average Bonchev–Trinajstić information content (AvgIpc) is 3.18. The van der Waals surface area contributed by atoms with E-state index in [1.807, 2.05) is 54.2 Å². The van der Waals surface area contributed by atoms with Crippen LogP contribution in [0.4, 0.5) is 0 Å². The summed E-state index contributed by atoms with van der Waals surface area (Å²) in [5.74, 6) is -0.656. The van der Waals surface area contributed by atoms with Crippen LogP contribution in [0, 0.1) is 0 Å². The number of carbonyl (C=O) groups excluding carboxylic acids is 1. The number of fused-ring (bicyclic) bond motifs is 2. The number of rotatable bonds is 7. The van der Waals surface area contributed by atoms with Gasteiger partial charge in [-0.2, -0.15) is 0 Å². The van der Waals surface area contributed by atoms with Crippen LogP contribution in [0.1, 0.15) is 28.3 Å². The highest BCUT2D eigenvalue weighted by molar-refractivity contribution is 7.99. The number of nitrogens with zero attached hydrogens (tertiary/aromatic N) is 2. The molecule has 2 aliphatic rings. The molecule has 0 saturated carbocycles. The van der Waals surface area contributed by atoms with Crippen LogP contribution >= 0.6 is 23.4 Å². The SMILES string of the molecule is O=C(OCCN1CCN(C2Cc3ccccc3Sc3ccc(Cl)cc32)CC1)C(O)(c1ccccc1)c1ccccc1. The third-order valence-electron chi connectivity index (χ3n) is 8.10. The molecule has 1 saturated heterocycles. The van der Waals surface area contributed by atoms with E-state index in [2.05, 4.69) is 46.2 Å². The minimum atomic E-state index is -1.86. The van der Waals surface area contributed by atoms with Gasteiger partial charge < -0.3 is 9.84 Å². The van der Waals surface area contributed by atoms with E-state index < -0.39 is 11.6 Å². The molecule has 1 atom stereocenters. The van der Waals surface area contributed by atoms with E-state index in [1.165, 1.54) is 20.9 Å². The molecule has 0 radical (unpaired) electrons. The second kappa shape index (κ2) is 12.4. The first-order valence-electron chi connectivity index (χ1n) is 14.0. The molecule has 0 aliphatic carbocycles. The number of esters is 1. The maximum Gasteiger partial charge on any atom is 0.347 e. The maximum absolute atomic E-state index is 13.3. The fourth-order valence-electron chi connectivity index (χ4n) is 5.84. The predicted molar refractivity (Wildman–Crippen MR) is 163 cm³/mol. The average molecular weight is 585 g/mol. The van der Waals surface area contributed by atoms with Gasteiger partial charge in [-0.15, -0.1) is 0 Å². The van der Waals surface area contributed by atoms with Gasteiger partial charge in [0.15, 0.2) is 0 Å². The Labute approximate surface area is 250 Å². The van der Waals surface area contributed by atoms with E-state index in [0.29, 0.717) is 17.7 Å². The van der Waals surface area contributed by atoms with Crippen molar-refractivity contribution in [1.82, 2.24) is 9.80 Å². The first-order chi connectivity index (χ1) is 20.0. The molecule has 2 aliphatic heterocycles. The van der Waals surface area contributed by atoms with E-state index in [4.69, 9.17) is 16.3 Å². The van der Waals surface area contributed by atoms with Gasteiger partial charge in [-0.25, -0.2) is 4.79 Å². The number of hydrogen-bond donors (Lipinski definition) is 1. The molecule has 7 heteroatoms. The second-order valence-corrected chi connectivity index (χ2v) is 12.1. The molecular weight excluding hydrogens is 552 g/mol. The molecule has 6 rings (SSSR count). The van der Waals surface area contributed by atoms with Crippen LogP contribution in [0.5, 0.6) is 0 Å². The predicted octanol–water partition coefficient (Wildman–Crippen LogP) is 6.19. The quantitative estimate of drug-likeness (QED) is 0.262. The fourth-order valence-corrected chi connectivity index (χ4v) is 7.13. The molecule has 1 fully saturated rings. The number of halogens is 1. The summed E-state index contributed by atoms with van der Waals surface area (Å²) < 4.78 is 5.72. The monoisotopic (exact) mass is 584 g/mol. The Morgan fingerprint density at radius 1 is 0.854 bits per heavy atom. The lowest BCUT2D eigenvalue weighted by Gasteiger charge is -2.39. The van der Waals surface area contributed by atoms with Crippen molar-refractivity contribution in [2.24, 2.45) is 0 Å². The third-order valence-corrected chi connectivity index (χ3v) is 9.55. The number of piperazine rings is 1. The summed E-state index contributed by atoms with van der Waals surface area (Å²) in [6.45, 7) is 4.41. The highest BCUT2D eigenvalue weighted by Crippen LogP contribution is 2.43. The first kappa shape index (κ1) is 28.0. The Bertz CT molecular complexity index is 1450. The second-order valence-electron chi connectivity index (χ2n) is 10.6. The van der Waals surface area contributed by atoms with Crippen LogP contribution in [0.15, 0.2) is 113 Å². The van der Waals surface area contributed by atoms with Crippen molar-refractivity contribution in [1.29, 1.82) is 0 Å². The van der Waals surface area contributed by atoms with E-state index >= 15 is 0 Å². The van der Waals surface area contributed by atoms with Crippen molar-refractivity contribution < 1.29 is 14.6 Å². The van der Waals surface area contributed by atoms with Crippen LogP contribution in [0.3, 0.4) is 0 Å². The molecule has 0 amide bonds. The van der Waals surface area contributed by atoms with Gasteiger partial charge in [-0.1, -0.05) is 102 Å². The molecule has 4 aromatic carbocycles. The number of aliphatic hydroxyl groups is 1. The van der Waals surface area contributed by atoms with Crippen molar-refractivity contribution in [3.05, 3.63) is 130 Å². The molecule has 0 spiro atoms. The van der Waals surface area contributed by atoms with Crippen molar-refractivity contribution in [2.75, 3.05) is 39.3 Å². The fraction of sp³-hybridized carbons (Fsp3) is 0.265. The molecule has 41 heavy (non-hydrogen) atoms. The summed E-state index contributed by atoms with van der Waals surface area (Å²) >= 11 is 8.29. The van der Waals surface area contributed by atoms with Gasteiger partial charge in [-0.3, -0.25) is 9.80 Å². The van der Waals surface area contributed by atoms with Crippen molar-refractivity contribution >= 4 is 29.3 Å². The van der Waals surface area contributed by atoms with Gasteiger partial charge >= 0.3 is 5.97 Å². The molecular formula is C34H33ClN2O3S. The molecule has 0 aromatic heterocycles. The Hall–Kier alpha value is -3.13. The van der Waals surface area contributed by atoms with E-state index in [0.717, 1.165) is 37.6 Å². The molecule has 2 heterocycles. The van der Waals surface area contributed by atoms with Gasteiger partial charge in [-0.05, 0) is 52.9 Å². The van der Waals surface area contributed by atoms with Gasteiger partial charge in [0.05, 0.1) is 0 Å². The molecule has 1 N–H and O–H groups in total. The van der Waals surface area contributed by atoms with Gasteiger partial charge in [0, 0.05) is 53.6 Å².